The van der Waals surface area contributed by atoms with Crippen molar-refractivity contribution in [2.75, 3.05) is 13.2 Å². The first-order valence-electron chi connectivity index (χ1n) is 5.34. The second-order valence-corrected chi connectivity index (χ2v) is 3.95. The number of carbonyl (C=O) groups is 1. The van der Waals surface area contributed by atoms with Crippen molar-refractivity contribution in [2.24, 2.45) is 0 Å². The van der Waals surface area contributed by atoms with Gasteiger partial charge in [0.05, 0.1) is 12.7 Å². The van der Waals surface area contributed by atoms with E-state index in [4.69, 9.17) is 4.74 Å². The van der Waals surface area contributed by atoms with Gasteiger partial charge in [0.15, 0.2) is 0 Å². The van der Waals surface area contributed by atoms with Gasteiger partial charge in [-0.15, -0.1) is 0 Å². The monoisotopic (exact) mass is 200 g/mol. The van der Waals surface area contributed by atoms with E-state index in [1.807, 2.05) is 13.8 Å². The third-order valence-electron chi connectivity index (χ3n) is 2.28. The van der Waals surface area contributed by atoms with Crippen LogP contribution in [0.4, 0.5) is 4.79 Å². The normalized spacial score (nSPS) is 16.5. The fourth-order valence-electron chi connectivity index (χ4n) is 1.25. The summed E-state index contributed by atoms with van der Waals surface area (Å²) in [5.74, 6) is 0. The van der Waals surface area contributed by atoms with Gasteiger partial charge >= 0.3 is 6.03 Å². The Hall–Kier alpha value is -0.770. The van der Waals surface area contributed by atoms with E-state index in [0.29, 0.717) is 19.2 Å². The van der Waals surface area contributed by atoms with Crippen LogP contribution in [-0.4, -0.2) is 31.3 Å². The van der Waals surface area contributed by atoms with Crippen LogP contribution in [0.25, 0.3) is 0 Å². The van der Waals surface area contributed by atoms with E-state index in [-0.39, 0.29) is 12.1 Å². The molecule has 82 valence electrons. The molecular weight excluding hydrogens is 180 g/mol. The number of rotatable bonds is 5. The Balaban J connectivity index is 1.92. The molecule has 14 heavy (non-hydrogen) atoms. The molecule has 0 saturated heterocycles. The summed E-state index contributed by atoms with van der Waals surface area (Å²) in [6.45, 7) is 5.12. The van der Waals surface area contributed by atoms with E-state index in [0.717, 1.165) is 12.8 Å². The lowest BCUT2D eigenvalue weighted by Gasteiger charge is -2.26. The predicted molar refractivity (Wildman–Crippen MR) is 55.3 cm³/mol. The molecule has 1 aliphatic carbocycles. The van der Waals surface area contributed by atoms with Crippen molar-refractivity contribution in [2.45, 2.75) is 45.3 Å². The third kappa shape index (κ3) is 4.46. The lowest BCUT2D eigenvalue weighted by Crippen LogP contribution is -2.45. The fraction of sp³-hybridized carbons (Fsp3) is 0.900. The molecule has 0 unspecified atom stereocenters. The van der Waals surface area contributed by atoms with Crippen LogP contribution >= 0.6 is 0 Å². The van der Waals surface area contributed by atoms with Gasteiger partial charge in [-0.3, -0.25) is 0 Å². The van der Waals surface area contributed by atoms with E-state index >= 15 is 0 Å². The van der Waals surface area contributed by atoms with E-state index < -0.39 is 0 Å². The number of urea groups is 1. The maximum Gasteiger partial charge on any atom is 0.315 e. The van der Waals surface area contributed by atoms with E-state index in [2.05, 4.69) is 10.6 Å². The summed E-state index contributed by atoms with van der Waals surface area (Å²) < 4.78 is 5.30. The highest BCUT2D eigenvalue weighted by atomic mass is 16.5. The molecule has 1 rings (SSSR count). The van der Waals surface area contributed by atoms with Crippen molar-refractivity contribution in [3.05, 3.63) is 0 Å². The van der Waals surface area contributed by atoms with Crippen molar-refractivity contribution in [1.82, 2.24) is 10.6 Å². The zero-order valence-corrected chi connectivity index (χ0v) is 9.01. The van der Waals surface area contributed by atoms with E-state index in [1.165, 1.54) is 6.42 Å². The van der Waals surface area contributed by atoms with Crippen molar-refractivity contribution in [3.63, 3.8) is 0 Å². The van der Waals surface area contributed by atoms with Crippen molar-refractivity contribution >= 4 is 6.03 Å². The Morgan fingerprint density at radius 2 is 2.21 bits per heavy atom. The highest BCUT2D eigenvalue weighted by Crippen LogP contribution is 2.17. The first kappa shape index (κ1) is 11.3. The molecule has 0 aromatic heterocycles. The summed E-state index contributed by atoms with van der Waals surface area (Å²) in [5, 5.41) is 5.66. The molecule has 1 saturated carbocycles. The SMILES string of the molecule is CC(C)OCCNC(=O)NC1CCC1. The number of amides is 2. The molecule has 2 N–H and O–H groups in total. The average molecular weight is 200 g/mol. The van der Waals surface area contributed by atoms with Crippen molar-refractivity contribution in [3.8, 4) is 0 Å². The second kappa shape index (κ2) is 5.86. The quantitative estimate of drug-likeness (QED) is 0.656. The molecule has 0 radical (unpaired) electrons. The zero-order chi connectivity index (χ0) is 10.4. The van der Waals surface area contributed by atoms with E-state index in [1.54, 1.807) is 0 Å². The molecule has 0 bridgehead atoms. The highest BCUT2D eigenvalue weighted by molar-refractivity contribution is 5.74. The fourth-order valence-corrected chi connectivity index (χ4v) is 1.25. The van der Waals surface area contributed by atoms with Crippen LogP contribution in [0.5, 0.6) is 0 Å². The van der Waals surface area contributed by atoms with Gasteiger partial charge in [0.25, 0.3) is 0 Å². The van der Waals surface area contributed by atoms with Crippen molar-refractivity contribution in [1.29, 1.82) is 0 Å². The molecule has 0 aliphatic heterocycles. The Morgan fingerprint density at radius 3 is 2.71 bits per heavy atom. The van der Waals surface area contributed by atoms with Gasteiger partial charge in [-0.2, -0.15) is 0 Å². The minimum atomic E-state index is -0.0675. The largest absolute Gasteiger partial charge is 0.377 e. The van der Waals surface area contributed by atoms with Crippen LogP contribution in [0, 0.1) is 0 Å². The van der Waals surface area contributed by atoms with Gasteiger partial charge in [-0.25, -0.2) is 4.79 Å². The molecule has 0 aromatic rings. The molecule has 4 nitrogen and oxygen atoms in total. The second-order valence-electron chi connectivity index (χ2n) is 3.95. The topological polar surface area (TPSA) is 50.4 Å². The number of ether oxygens (including phenoxy) is 1. The Kier molecular flexibility index (Phi) is 4.73. The molecule has 0 heterocycles. The zero-order valence-electron chi connectivity index (χ0n) is 9.01. The lowest BCUT2D eigenvalue weighted by molar-refractivity contribution is 0.0816. The molecule has 0 atom stereocenters. The lowest BCUT2D eigenvalue weighted by atomic mass is 9.93. The highest BCUT2D eigenvalue weighted by Gasteiger charge is 2.18. The van der Waals surface area contributed by atoms with Gasteiger partial charge in [-0.05, 0) is 33.1 Å². The van der Waals surface area contributed by atoms with Crippen LogP contribution in [0.3, 0.4) is 0 Å². The minimum absolute atomic E-state index is 0.0675. The average Bonchev–Trinajstić information content (AvgIpc) is 2.05. The smallest absolute Gasteiger partial charge is 0.315 e. The Morgan fingerprint density at radius 1 is 1.50 bits per heavy atom. The number of hydrogen-bond acceptors (Lipinski definition) is 2. The number of nitrogens with one attached hydrogen (secondary N) is 2. The maximum atomic E-state index is 11.2. The predicted octanol–water partition coefficient (Wildman–Crippen LogP) is 1.26. The van der Waals surface area contributed by atoms with Gasteiger partial charge in [0, 0.05) is 12.6 Å². The van der Waals surface area contributed by atoms with Crippen LogP contribution in [-0.2, 0) is 4.74 Å². The Bertz CT molecular complexity index is 179. The summed E-state index contributed by atoms with van der Waals surface area (Å²) in [6, 6.07) is 0.336. The first-order chi connectivity index (χ1) is 6.68. The molecule has 0 spiro atoms. The molecule has 0 aromatic carbocycles. The van der Waals surface area contributed by atoms with Gasteiger partial charge in [-0.1, -0.05) is 0 Å². The minimum Gasteiger partial charge on any atom is -0.377 e. The van der Waals surface area contributed by atoms with Gasteiger partial charge < -0.3 is 15.4 Å². The first-order valence-corrected chi connectivity index (χ1v) is 5.34. The summed E-state index contributed by atoms with van der Waals surface area (Å²) in [7, 11) is 0. The van der Waals surface area contributed by atoms with Gasteiger partial charge in [0.1, 0.15) is 0 Å². The number of carbonyl (C=O) groups excluding carboxylic acids is 1. The maximum absolute atomic E-state index is 11.2. The third-order valence-corrected chi connectivity index (χ3v) is 2.28. The van der Waals surface area contributed by atoms with Crippen molar-refractivity contribution < 1.29 is 9.53 Å². The standard InChI is InChI=1S/C10H20N2O2/c1-8(2)14-7-6-11-10(13)12-9-4-3-5-9/h8-9H,3-7H2,1-2H3,(H2,11,12,13). The van der Waals surface area contributed by atoms with Gasteiger partial charge in [0.2, 0.25) is 0 Å². The van der Waals surface area contributed by atoms with Crippen LogP contribution in [0.2, 0.25) is 0 Å². The molecule has 2 amide bonds. The Labute approximate surface area is 85.4 Å². The molecule has 1 aliphatic rings. The van der Waals surface area contributed by atoms with E-state index in [9.17, 15) is 4.79 Å². The molecule has 1 fully saturated rings. The number of hydrogen-bond donors (Lipinski definition) is 2. The summed E-state index contributed by atoms with van der Waals surface area (Å²) in [6.07, 6.45) is 3.71. The summed E-state index contributed by atoms with van der Waals surface area (Å²) >= 11 is 0. The van der Waals surface area contributed by atoms with Crippen LogP contribution in [0.1, 0.15) is 33.1 Å². The summed E-state index contributed by atoms with van der Waals surface area (Å²) in [5.41, 5.74) is 0. The molecule has 4 heteroatoms. The van der Waals surface area contributed by atoms with Crippen LogP contribution in [0.15, 0.2) is 0 Å². The summed E-state index contributed by atoms with van der Waals surface area (Å²) in [4.78, 5) is 11.2. The molecular formula is C10H20N2O2. The van der Waals surface area contributed by atoms with Crippen LogP contribution < -0.4 is 10.6 Å².